The van der Waals surface area contributed by atoms with Crippen LogP contribution in [0.15, 0.2) is 64.5 Å². The Balaban J connectivity index is 1.99. The van der Waals surface area contributed by atoms with Crippen LogP contribution < -0.4 is 10.5 Å². The topological polar surface area (TPSA) is 102 Å². The van der Waals surface area contributed by atoms with Crippen LogP contribution in [-0.4, -0.2) is 4.92 Å². The molecule has 1 aliphatic rings. The molecule has 0 aromatic heterocycles. The van der Waals surface area contributed by atoms with Crippen molar-refractivity contribution in [2.45, 2.75) is 5.92 Å². The minimum absolute atomic E-state index is 0.0194. The molecular formula is C20H11BrClN3O3. The Morgan fingerprint density at radius 2 is 1.96 bits per heavy atom. The molecule has 0 saturated carbocycles. The highest BCUT2D eigenvalue weighted by molar-refractivity contribution is 9.10. The largest absolute Gasteiger partial charge is 0.440 e. The molecule has 3 aromatic rings. The molecule has 0 bridgehead atoms. The van der Waals surface area contributed by atoms with Crippen LogP contribution in [0.4, 0.5) is 5.69 Å². The molecule has 138 valence electrons. The van der Waals surface area contributed by atoms with Crippen LogP contribution in [0.5, 0.6) is 5.75 Å². The van der Waals surface area contributed by atoms with E-state index in [0.29, 0.717) is 16.9 Å². The third-order valence-electron chi connectivity index (χ3n) is 4.64. The van der Waals surface area contributed by atoms with Crippen molar-refractivity contribution in [3.8, 4) is 11.8 Å². The first-order valence-corrected chi connectivity index (χ1v) is 9.31. The molecule has 8 heteroatoms. The third kappa shape index (κ3) is 2.97. The molecule has 6 nitrogen and oxygen atoms in total. The summed E-state index contributed by atoms with van der Waals surface area (Å²) >= 11 is 9.41. The summed E-state index contributed by atoms with van der Waals surface area (Å²) in [5, 5.41) is 22.9. The maximum Gasteiger partial charge on any atom is 0.288 e. The Bertz CT molecular complexity index is 1230. The van der Waals surface area contributed by atoms with Gasteiger partial charge in [-0.1, -0.05) is 39.7 Å². The molecule has 0 spiro atoms. The molecule has 0 aliphatic carbocycles. The van der Waals surface area contributed by atoms with Crippen molar-refractivity contribution in [1.29, 1.82) is 5.26 Å². The molecule has 4 rings (SSSR count). The van der Waals surface area contributed by atoms with Gasteiger partial charge in [-0.2, -0.15) is 5.26 Å². The Morgan fingerprint density at radius 1 is 1.18 bits per heavy atom. The number of benzene rings is 3. The van der Waals surface area contributed by atoms with Crippen molar-refractivity contribution < 1.29 is 9.66 Å². The zero-order chi connectivity index (χ0) is 20.0. The van der Waals surface area contributed by atoms with Crippen LogP contribution in [0, 0.1) is 21.4 Å². The number of rotatable bonds is 2. The maximum atomic E-state index is 11.3. The predicted octanol–water partition coefficient (Wildman–Crippen LogP) is 5.38. The Labute approximate surface area is 173 Å². The van der Waals surface area contributed by atoms with Gasteiger partial charge in [0.05, 0.1) is 10.8 Å². The molecule has 0 radical (unpaired) electrons. The molecule has 28 heavy (non-hydrogen) atoms. The lowest BCUT2D eigenvalue weighted by atomic mass is 9.82. The highest BCUT2D eigenvalue weighted by Crippen LogP contribution is 2.45. The lowest BCUT2D eigenvalue weighted by Crippen LogP contribution is -2.21. The minimum Gasteiger partial charge on any atom is -0.440 e. The molecule has 1 aliphatic heterocycles. The van der Waals surface area contributed by atoms with Crippen LogP contribution in [-0.2, 0) is 0 Å². The normalized spacial score (nSPS) is 15.7. The number of nitriles is 1. The summed E-state index contributed by atoms with van der Waals surface area (Å²) in [6.07, 6.45) is 0. The van der Waals surface area contributed by atoms with Gasteiger partial charge in [0.25, 0.3) is 5.69 Å². The Kier molecular flexibility index (Phi) is 4.46. The van der Waals surface area contributed by atoms with Crippen LogP contribution in [0.25, 0.3) is 10.8 Å². The number of nitro groups is 1. The summed E-state index contributed by atoms with van der Waals surface area (Å²) in [5.41, 5.74) is 7.20. The maximum absolute atomic E-state index is 11.3. The van der Waals surface area contributed by atoms with Gasteiger partial charge in [0.15, 0.2) is 0 Å². The standard InChI is InChI=1S/C20H11BrClN3O3/c21-13-3-1-10-8-18-14(6-12(10)5-13)19(15(9-23)20(24)28-18)11-2-4-16(22)17(7-11)25(26)27/h1-8,19H,24H2/t19-/m1/s1. The van der Waals surface area contributed by atoms with Crippen LogP contribution in [0.3, 0.4) is 0 Å². The fraction of sp³-hybridized carbons (Fsp3) is 0.0500. The SMILES string of the molecule is N#CC1=C(N)Oc2cc3ccc(Br)cc3cc2[C@H]1c1ccc(Cl)c([N+](=O)[O-])c1. The number of nitrogens with two attached hydrogens (primary N) is 1. The second-order valence-electron chi connectivity index (χ2n) is 6.27. The van der Waals surface area contributed by atoms with Crippen molar-refractivity contribution in [2.24, 2.45) is 5.73 Å². The van der Waals surface area contributed by atoms with Gasteiger partial charge >= 0.3 is 0 Å². The summed E-state index contributed by atoms with van der Waals surface area (Å²) in [7, 11) is 0. The van der Waals surface area contributed by atoms with E-state index in [4.69, 9.17) is 22.1 Å². The number of hydrogen-bond donors (Lipinski definition) is 1. The average Bonchev–Trinajstić information content (AvgIpc) is 2.66. The lowest BCUT2D eigenvalue weighted by Gasteiger charge is -2.27. The van der Waals surface area contributed by atoms with Gasteiger partial charge in [-0.25, -0.2) is 0 Å². The van der Waals surface area contributed by atoms with Gasteiger partial charge in [-0.15, -0.1) is 0 Å². The smallest absolute Gasteiger partial charge is 0.288 e. The summed E-state index contributed by atoms with van der Waals surface area (Å²) < 4.78 is 6.60. The van der Waals surface area contributed by atoms with E-state index in [2.05, 4.69) is 22.0 Å². The molecule has 1 atom stereocenters. The van der Waals surface area contributed by atoms with E-state index < -0.39 is 10.8 Å². The second-order valence-corrected chi connectivity index (χ2v) is 7.60. The molecule has 0 saturated heterocycles. The molecular weight excluding hydrogens is 446 g/mol. The Morgan fingerprint density at radius 3 is 2.68 bits per heavy atom. The van der Waals surface area contributed by atoms with E-state index in [1.807, 2.05) is 30.3 Å². The number of nitrogens with zero attached hydrogens (tertiary/aromatic N) is 2. The minimum atomic E-state index is -0.604. The zero-order valence-electron chi connectivity index (χ0n) is 14.1. The van der Waals surface area contributed by atoms with E-state index in [0.717, 1.165) is 15.2 Å². The van der Waals surface area contributed by atoms with Crippen molar-refractivity contribution in [1.82, 2.24) is 0 Å². The Hall–Kier alpha value is -3.08. The van der Waals surface area contributed by atoms with Gasteiger partial charge in [-0.05, 0) is 46.7 Å². The van der Waals surface area contributed by atoms with Crippen molar-refractivity contribution in [3.05, 3.63) is 90.7 Å². The van der Waals surface area contributed by atoms with Crippen molar-refractivity contribution >= 4 is 44.0 Å². The summed E-state index contributed by atoms with van der Waals surface area (Å²) in [6.45, 7) is 0. The molecule has 0 fully saturated rings. The fourth-order valence-electron chi connectivity index (χ4n) is 3.37. The predicted molar refractivity (Wildman–Crippen MR) is 109 cm³/mol. The first-order valence-electron chi connectivity index (χ1n) is 8.13. The van der Waals surface area contributed by atoms with Crippen LogP contribution >= 0.6 is 27.5 Å². The van der Waals surface area contributed by atoms with Gasteiger partial charge in [0.2, 0.25) is 5.88 Å². The summed E-state index contributed by atoms with van der Waals surface area (Å²) in [6, 6.07) is 16.1. The van der Waals surface area contributed by atoms with Gasteiger partial charge < -0.3 is 10.5 Å². The molecule has 0 amide bonds. The number of hydrogen-bond acceptors (Lipinski definition) is 5. The first-order chi connectivity index (χ1) is 13.4. The van der Waals surface area contributed by atoms with E-state index >= 15 is 0 Å². The van der Waals surface area contributed by atoms with Crippen LogP contribution in [0.2, 0.25) is 5.02 Å². The number of allylic oxidation sites excluding steroid dienone is 1. The highest BCUT2D eigenvalue weighted by Gasteiger charge is 2.32. The van der Waals surface area contributed by atoms with E-state index in [1.165, 1.54) is 12.1 Å². The molecule has 3 aromatic carbocycles. The number of fused-ring (bicyclic) bond motifs is 2. The van der Waals surface area contributed by atoms with Gasteiger partial charge in [-0.3, -0.25) is 10.1 Å². The van der Waals surface area contributed by atoms with E-state index in [-0.39, 0.29) is 22.2 Å². The van der Waals surface area contributed by atoms with Crippen LogP contribution in [0.1, 0.15) is 17.0 Å². The molecule has 0 unspecified atom stereocenters. The number of ether oxygens (including phenoxy) is 1. The lowest BCUT2D eigenvalue weighted by molar-refractivity contribution is -0.384. The van der Waals surface area contributed by atoms with Crippen molar-refractivity contribution in [3.63, 3.8) is 0 Å². The van der Waals surface area contributed by atoms with Crippen molar-refractivity contribution in [2.75, 3.05) is 0 Å². The third-order valence-corrected chi connectivity index (χ3v) is 5.45. The zero-order valence-corrected chi connectivity index (χ0v) is 16.5. The van der Waals surface area contributed by atoms with Gasteiger partial charge in [0.1, 0.15) is 22.4 Å². The molecule has 1 heterocycles. The monoisotopic (exact) mass is 455 g/mol. The first kappa shape index (κ1) is 18.3. The van der Waals surface area contributed by atoms with E-state index in [1.54, 1.807) is 6.07 Å². The number of nitro benzene ring substituents is 1. The summed E-state index contributed by atoms with van der Waals surface area (Å²) in [5.74, 6) is -0.115. The second kappa shape index (κ2) is 6.82. The summed E-state index contributed by atoms with van der Waals surface area (Å²) in [4.78, 5) is 10.8. The van der Waals surface area contributed by atoms with E-state index in [9.17, 15) is 15.4 Å². The van der Waals surface area contributed by atoms with Gasteiger partial charge in [0, 0.05) is 16.1 Å². The fourth-order valence-corrected chi connectivity index (χ4v) is 3.93. The quantitative estimate of drug-likeness (QED) is 0.412. The molecule has 2 N–H and O–H groups in total. The number of halogens is 2. The average molecular weight is 457 g/mol. The highest BCUT2D eigenvalue weighted by atomic mass is 79.9.